The van der Waals surface area contributed by atoms with Crippen molar-refractivity contribution in [2.24, 2.45) is 11.8 Å². The molecule has 11 heteroatoms. The van der Waals surface area contributed by atoms with Crippen molar-refractivity contribution in [1.29, 1.82) is 0 Å². The molecule has 7 nitrogen and oxygen atoms in total. The van der Waals surface area contributed by atoms with Crippen molar-refractivity contribution < 1.29 is 31.1 Å². The summed E-state index contributed by atoms with van der Waals surface area (Å²) in [6.07, 6.45) is -2.20. The molecule has 1 fully saturated rings. The van der Waals surface area contributed by atoms with Crippen LogP contribution in [0.25, 0.3) is 0 Å². The second-order valence-electron chi connectivity index (χ2n) is 8.38. The van der Waals surface area contributed by atoms with Gasteiger partial charge in [-0.3, -0.25) is 4.79 Å². The first-order valence-corrected chi connectivity index (χ1v) is 11.9. The molecule has 1 saturated heterocycles. The number of halogens is 3. The highest BCUT2D eigenvalue weighted by Crippen LogP contribution is 2.26. The van der Waals surface area contributed by atoms with Gasteiger partial charge in [-0.15, -0.1) is 0 Å². The summed E-state index contributed by atoms with van der Waals surface area (Å²) < 4.78 is 68.8. The normalized spacial score (nSPS) is 19.8. The van der Waals surface area contributed by atoms with Gasteiger partial charge in [0.05, 0.1) is 4.90 Å². The van der Waals surface area contributed by atoms with Crippen LogP contribution in [0.5, 0.6) is 5.88 Å². The fraction of sp³-hybridized carbons (Fsp3) is 0.455. The summed E-state index contributed by atoms with van der Waals surface area (Å²) in [5.74, 6) is -0.0917. The molecule has 0 spiro atoms. The number of ether oxygens (including phenoxy) is 1. The molecule has 180 valence electrons. The van der Waals surface area contributed by atoms with E-state index in [1.807, 2.05) is 13.8 Å². The predicted molar refractivity (Wildman–Crippen MR) is 115 cm³/mol. The Hall–Kier alpha value is -2.66. The van der Waals surface area contributed by atoms with E-state index in [1.165, 1.54) is 46.9 Å². The summed E-state index contributed by atoms with van der Waals surface area (Å²) in [6.45, 7) is 3.57. The molecule has 0 aliphatic carbocycles. The molecule has 0 saturated carbocycles. The topological polar surface area (TPSA) is 88.6 Å². The van der Waals surface area contributed by atoms with Crippen molar-refractivity contribution in [2.45, 2.75) is 37.9 Å². The summed E-state index contributed by atoms with van der Waals surface area (Å²) in [6, 6.07) is 8.53. The lowest BCUT2D eigenvalue weighted by Gasteiger charge is -2.34. The van der Waals surface area contributed by atoms with Gasteiger partial charge in [-0.05, 0) is 54.2 Å². The number of benzene rings is 1. The fourth-order valence-electron chi connectivity index (χ4n) is 3.81. The largest absolute Gasteiger partial charge is 0.468 e. The van der Waals surface area contributed by atoms with Crippen LogP contribution in [0, 0.1) is 11.8 Å². The number of hydrogen-bond acceptors (Lipinski definition) is 5. The van der Waals surface area contributed by atoms with Gasteiger partial charge in [0.1, 0.15) is 0 Å². The number of sulfonamides is 1. The van der Waals surface area contributed by atoms with Gasteiger partial charge < -0.3 is 10.1 Å². The maximum absolute atomic E-state index is 13.0. The molecule has 1 aromatic heterocycles. The summed E-state index contributed by atoms with van der Waals surface area (Å²) in [5.41, 5.74) is 0.764. The lowest BCUT2D eigenvalue weighted by Crippen LogP contribution is -2.42. The zero-order chi connectivity index (χ0) is 24.2. The van der Waals surface area contributed by atoms with Gasteiger partial charge in [0.2, 0.25) is 15.9 Å². The average molecular weight is 486 g/mol. The Balaban J connectivity index is 1.61. The molecule has 1 aliphatic heterocycles. The Kier molecular flexibility index (Phi) is 7.63. The van der Waals surface area contributed by atoms with E-state index in [4.69, 9.17) is 0 Å². The number of carbonyl (C=O) groups excluding carboxylic acids is 1. The van der Waals surface area contributed by atoms with Crippen LogP contribution in [0.1, 0.15) is 36.2 Å². The van der Waals surface area contributed by atoms with Crippen LogP contribution in [-0.4, -0.2) is 49.5 Å². The Morgan fingerprint density at radius 3 is 2.39 bits per heavy atom. The SMILES string of the molecule is CC1CC(C)CN(S(=O)(=O)c2ccc(C(=O)NCc3ccnc(OCC(F)(F)F)c3)cc2)C1. The zero-order valence-corrected chi connectivity index (χ0v) is 19.1. The molecule has 2 atom stereocenters. The Morgan fingerprint density at radius 2 is 1.79 bits per heavy atom. The van der Waals surface area contributed by atoms with E-state index in [-0.39, 0.29) is 34.7 Å². The molecule has 2 heterocycles. The molecule has 0 radical (unpaired) electrons. The van der Waals surface area contributed by atoms with E-state index >= 15 is 0 Å². The van der Waals surface area contributed by atoms with Gasteiger partial charge in [-0.2, -0.15) is 17.5 Å². The molecule has 33 heavy (non-hydrogen) atoms. The molecule has 1 amide bonds. The fourth-order valence-corrected chi connectivity index (χ4v) is 5.49. The number of aromatic nitrogens is 1. The van der Waals surface area contributed by atoms with Crippen molar-refractivity contribution in [2.75, 3.05) is 19.7 Å². The van der Waals surface area contributed by atoms with Crippen LogP contribution < -0.4 is 10.1 Å². The molecule has 1 aromatic carbocycles. The third-order valence-corrected chi connectivity index (χ3v) is 7.07. The summed E-state index contributed by atoms with van der Waals surface area (Å²) in [4.78, 5) is 16.3. The average Bonchev–Trinajstić information content (AvgIpc) is 2.75. The number of nitrogens with zero attached hydrogens (tertiary/aromatic N) is 2. The van der Waals surface area contributed by atoms with Gasteiger partial charge >= 0.3 is 6.18 Å². The number of alkyl halides is 3. The lowest BCUT2D eigenvalue weighted by molar-refractivity contribution is -0.154. The second kappa shape index (κ2) is 10.1. The molecule has 1 N–H and O–H groups in total. The Morgan fingerprint density at radius 1 is 1.15 bits per heavy atom. The third-order valence-electron chi connectivity index (χ3n) is 5.23. The Labute approximate surface area is 191 Å². The highest BCUT2D eigenvalue weighted by molar-refractivity contribution is 7.89. The highest BCUT2D eigenvalue weighted by atomic mass is 32.2. The second-order valence-corrected chi connectivity index (χ2v) is 10.3. The molecular formula is C22H26F3N3O4S. The van der Waals surface area contributed by atoms with Crippen molar-refractivity contribution in [3.63, 3.8) is 0 Å². The zero-order valence-electron chi connectivity index (χ0n) is 18.3. The van der Waals surface area contributed by atoms with Gasteiger partial charge in [0, 0.05) is 37.5 Å². The third kappa shape index (κ3) is 6.91. The van der Waals surface area contributed by atoms with E-state index in [2.05, 4.69) is 15.0 Å². The molecule has 3 rings (SSSR count). The number of pyridine rings is 1. The van der Waals surface area contributed by atoms with E-state index < -0.39 is 28.7 Å². The number of hydrogen-bond donors (Lipinski definition) is 1. The van der Waals surface area contributed by atoms with Crippen LogP contribution in [0.15, 0.2) is 47.5 Å². The van der Waals surface area contributed by atoms with Crippen molar-refractivity contribution >= 4 is 15.9 Å². The van der Waals surface area contributed by atoms with Gasteiger partial charge in [-0.25, -0.2) is 13.4 Å². The van der Waals surface area contributed by atoms with Crippen molar-refractivity contribution in [3.8, 4) is 5.88 Å². The molecule has 2 aromatic rings. The van der Waals surface area contributed by atoms with E-state index in [0.717, 1.165) is 6.42 Å². The smallest absolute Gasteiger partial charge is 0.422 e. The molecule has 2 unspecified atom stereocenters. The minimum absolute atomic E-state index is 0.0351. The number of rotatable bonds is 7. The number of carbonyl (C=O) groups is 1. The van der Waals surface area contributed by atoms with Gasteiger partial charge in [-0.1, -0.05) is 13.8 Å². The number of amides is 1. The van der Waals surface area contributed by atoms with E-state index in [9.17, 15) is 26.4 Å². The van der Waals surface area contributed by atoms with Crippen molar-refractivity contribution in [1.82, 2.24) is 14.6 Å². The minimum Gasteiger partial charge on any atom is -0.468 e. The van der Waals surface area contributed by atoms with Gasteiger partial charge in [0.25, 0.3) is 5.91 Å². The first-order valence-electron chi connectivity index (χ1n) is 10.5. The van der Waals surface area contributed by atoms with Crippen LogP contribution in [0.3, 0.4) is 0 Å². The number of piperidine rings is 1. The standard InChI is InChI=1S/C22H26F3N3O4S/c1-15-9-16(2)13-28(12-15)33(30,31)19-5-3-18(4-6-19)21(29)27-11-17-7-8-26-20(10-17)32-14-22(23,24)25/h3-8,10,15-16H,9,11-14H2,1-2H3,(H,27,29). The first-order chi connectivity index (χ1) is 15.4. The quantitative estimate of drug-likeness (QED) is 0.647. The first kappa shape index (κ1) is 25.0. The monoisotopic (exact) mass is 485 g/mol. The van der Waals surface area contributed by atoms with Crippen LogP contribution in [-0.2, 0) is 16.6 Å². The van der Waals surface area contributed by atoms with Gasteiger partial charge in [0.15, 0.2) is 6.61 Å². The maximum Gasteiger partial charge on any atom is 0.422 e. The van der Waals surface area contributed by atoms with Crippen LogP contribution >= 0.6 is 0 Å². The highest BCUT2D eigenvalue weighted by Gasteiger charge is 2.31. The minimum atomic E-state index is -4.48. The number of nitrogens with one attached hydrogen (secondary N) is 1. The maximum atomic E-state index is 13.0. The van der Waals surface area contributed by atoms with E-state index in [1.54, 1.807) is 0 Å². The van der Waals surface area contributed by atoms with Crippen LogP contribution in [0.4, 0.5) is 13.2 Å². The molecule has 0 bridgehead atoms. The van der Waals surface area contributed by atoms with Crippen molar-refractivity contribution in [3.05, 3.63) is 53.7 Å². The summed E-state index contributed by atoms with van der Waals surface area (Å²) in [7, 11) is -3.65. The van der Waals surface area contributed by atoms with Crippen LogP contribution in [0.2, 0.25) is 0 Å². The van der Waals surface area contributed by atoms with E-state index in [0.29, 0.717) is 18.7 Å². The Bertz CT molecular complexity index is 1070. The molecular weight excluding hydrogens is 459 g/mol. The lowest BCUT2D eigenvalue weighted by atomic mass is 9.94. The summed E-state index contributed by atoms with van der Waals surface area (Å²) in [5, 5.41) is 2.64. The molecule has 1 aliphatic rings. The predicted octanol–water partition coefficient (Wildman–Crippen LogP) is 3.62. The summed E-state index contributed by atoms with van der Waals surface area (Å²) >= 11 is 0.